The predicted octanol–water partition coefficient (Wildman–Crippen LogP) is 0.937. The van der Waals surface area contributed by atoms with Gasteiger partial charge in [0.05, 0.1) is 18.5 Å². The van der Waals surface area contributed by atoms with Crippen LogP contribution in [-0.4, -0.2) is 25.0 Å². The van der Waals surface area contributed by atoms with Crippen molar-refractivity contribution in [2.24, 2.45) is 0 Å². The number of carbonyl (C=O) groups is 2. The first-order valence-corrected chi connectivity index (χ1v) is 5.39. The number of benzene rings is 1. The molecule has 5 nitrogen and oxygen atoms in total. The molecule has 1 fully saturated rings. The number of para-hydroxylation sites is 2. The maximum absolute atomic E-state index is 11.8. The van der Waals surface area contributed by atoms with Gasteiger partial charge >= 0.3 is 5.97 Å². The number of anilines is 2. The van der Waals surface area contributed by atoms with Gasteiger partial charge in [-0.25, -0.2) is 4.79 Å². The highest BCUT2D eigenvalue weighted by Gasteiger charge is 2.38. The summed E-state index contributed by atoms with van der Waals surface area (Å²) in [5.41, 5.74) is 6.88. The Balaban J connectivity index is 2.38. The number of rotatable bonds is 2. The van der Waals surface area contributed by atoms with Crippen molar-refractivity contribution in [2.45, 2.75) is 18.9 Å². The minimum atomic E-state index is -0.558. The van der Waals surface area contributed by atoms with Crippen molar-refractivity contribution in [3.8, 4) is 0 Å². The quantitative estimate of drug-likeness (QED) is 0.610. The van der Waals surface area contributed by atoms with E-state index in [9.17, 15) is 9.59 Å². The third kappa shape index (κ3) is 1.95. The Morgan fingerprint density at radius 1 is 1.47 bits per heavy atom. The summed E-state index contributed by atoms with van der Waals surface area (Å²) in [6.45, 7) is 0. The molecule has 2 rings (SSSR count). The third-order valence-corrected chi connectivity index (χ3v) is 2.88. The Bertz CT molecular complexity index is 459. The van der Waals surface area contributed by atoms with E-state index >= 15 is 0 Å². The molecule has 0 radical (unpaired) electrons. The molecule has 1 atom stereocenters. The molecule has 90 valence electrons. The molecule has 1 heterocycles. The molecule has 1 aromatic carbocycles. The fourth-order valence-corrected chi connectivity index (χ4v) is 2.05. The summed E-state index contributed by atoms with van der Waals surface area (Å²) >= 11 is 0. The minimum Gasteiger partial charge on any atom is -0.467 e. The Labute approximate surface area is 99.2 Å². The van der Waals surface area contributed by atoms with Crippen LogP contribution in [-0.2, 0) is 14.3 Å². The van der Waals surface area contributed by atoms with E-state index in [1.807, 2.05) is 0 Å². The normalized spacial score (nSPS) is 19.5. The van der Waals surface area contributed by atoms with Gasteiger partial charge in [-0.3, -0.25) is 9.69 Å². The standard InChI is InChI=1S/C12H14N2O3/c1-17-12(16)10-6-7-11(15)14(10)9-5-3-2-4-8(9)13/h2-5,10H,6-7,13H2,1H3/t10-/m0/s1. The second kappa shape index (κ2) is 4.45. The van der Waals surface area contributed by atoms with E-state index in [-0.39, 0.29) is 5.91 Å². The first-order chi connectivity index (χ1) is 8.15. The van der Waals surface area contributed by atoms with E-state index in [4.69, 9.17) is 10.5 Å². The van der Waals surface area contributed by atoms with Crippen molar-refractivity contribution in [2.75, 3.05) is 17.7 Å². The van der Waals surface area contributed by atoms with Crippen LogP contribution in [0.4, 0.5) is 11.4 Å². The number of ether oxygens (including phenoxy) is 1. The number of nitrogens with zero attached hydrogens (tertiary/aromatic N) is 1. The van der Waals surface area contributed by atoms with Gasteiger partial charge in [0, 0.05) is 6.42 Å². The monoisotopic (exact) mass is 234 g/mol. The molecule has 0 saturated carbocycles. The lowest BCUT2D eigenvalue weighted by Crippen LogP contribution is -2.39. The molecule has 0 bridgehead atoms. The van der Waals surface area contributed by atoms with Crippen molar-refractivity contribution in [3.63, 3.8) is 0 Å². The molecule has 1 aliphatic heterocycles. The molecule has 0 aliphatic carbocycles. The van der Waals surface area contributed by atoms with Crippen LogP contribution in [0.5, 0.6) is 0 Å². The zero-order valence-corrected chi connectivity index (χ0v) is 9.55. The fraction of sp³-hybridized carbons (Fsp3) is 0.333. The second-order valence-corrected chi connectivity index (χ2v) is 3.90. The van der Waals surface area contributed by atoms with Crippen molar-refractivity contribution < 1.29 is 14.3 Å². The zero-order valence-electron chi connectivity index (χ0n) is 9.55. The molecular formula is C12H14N2O3. The fourth-order valence-electron chi connectivity index (χ4n) is 2.05. The number of carbonyl (C=O) groups excluding carboxylic acids is 2. The third-order valence-electron chi connectivity index (χ3n) is 2.88. The number of methoxy groups -OCH3 is 1. The Hall–Kier alpha value is -2.04. The molecule has 2 N–H and O–H groups in total. The van der Waals surface area contributed by atoms with Gasteiger partial charge < -0.3 is 10.5 Å². The first-order valence-electron chi connectivity index (χ1n) is 5.39. The van der Waals surface area contributed by atoms with Crippen LogP contribution in [0.2, 0.25) is 0 Å². The lowest BCUT2D eigenvalue weighted by Gasteiger charge is -2.24. The number of nitrogens with two attached hydrogens (primary N) is 1. The van der Waals surface area contributed by atoms with E-state index in [0.717, 1.165) is 0 Å². The first kappa shape index (κ1) is 11.4. The average molecular weight is 234 g/mol. The van der Waals surface area contributed by atoms with Gasteiger partial charge in [-0.15, -0.1) is 0 Å². The molecule has 1 amide bonds. The van der Waals surface area contributed by atoms with Crippen molar-refractivity contribution in [1.82, 2.24) is 0 Å². The molecule has 5 heteroatoms. The molecule has 1 saturated heterocycles. The van der Waals surface area contributed by atoms with Crippen LogP contribution in [0, 0.1) is 0 Å². The highest BCUT2D eigenvalue weighted by molar-refractivity contribution is 6.04. The van der Waals surface area contributed by atoms with Crippen LogP contribution in [0.3, 0.4) is 0 Å². The molecule has 1 aromatic rings. The molecule has 0 unspecified atom stereocenters. The van der Waals surface area contributed by atoms with E-state index in [1.165, 1.54) is 12.0 Å². The van der Waals surface area contributed by atoms with E-state index in [1.54, 1.807) is 24.3 Å². The van der Waals surface area contributed by atoms with Crippen LogP contribution in [0.15, 0.2) is 24.3 Å². The van der Waals surface area contributed by atoms with Gasteiger partial charge in [0.15, 0.2) is 0 Å². The summed E-state index contributed by atoms with van der Waals surface area (Å²) in [4.78, 5) is 24.8. The van der Waals surface area contributed by atoms with Crippen molar-refractivity contribution >= 4 is 23.3 Å². The number of amides is 1. The zero-order chi connectivity index (χ0) is 12.4. The lowest BCUT2D eigenvalue weighted by molar-refractivity contribution is -0.142. The summed E-state index contributed by atoms with van der Waals surface area (Å²) in [5, 5.41) is 0. The van der Waals surface area contributed by atoms with Gasteiger partial charge in [0.1, 0.15) is 6.04 Å². The molecule has 0 aromatic heterocycles. The maximum atomic E-state index is 11.8. The highest BCUT2D eigenvalue weighted by atomic mass is 16.5. The smallest absolute Gasteiger partial charge is 0.328 e. The summed E-state index contributed by atoms with van der Waals surface area (Å²) in [7, 11) is 1.32. The van der Waals surface area contributed by atoms with Gasteiger partial charge in [-0.2, -0.15) is 0 Å². The topological polar surface area (TPSA) is 72.6 Å². The van der Waals surface area contributed by atoms with E-state index < -0.39 is 12.0 Å². The maximum Gasteiger partial charge on any atom is 0.328 e. The number of esters is 1. The van der Waals surface area contributed by atoms with Gasteiger partial charge in [0.2, 0.25) is 5.91 Å². The number of hydrogen-bond donors (Lipinski definition) is 1. The van der Waals surface area contributed by atoms with Crippen LogP contribution in [0.1, 0.15) is 12.8 Å². The largest absolute Gasteiger partial charge is 0.467 e. The Kier molecular flexibility index (Phi) is 2.99. The second-order valence-electron chi connectivity index (χ2n) is 3.90. The highest BCUT2D eigenvalue weighted by Crippen LogP contribution is 2.31. The van der Waals surface area contributed by atoms with Crippen LogP contribution >= 0.6 is 0 Å². The minimum absolute atomic E-state index is 0.0988. The molecule has 1 aliphatic rings. The summed E-state index contributed by atoms with van der Waals surface area (Å²) in [6.07, 6.45) is 0.813. The Morgan fingerprint density at radius 3 is 2.82 bits per heavy atom. The molecular weight excluding hydrogens is 220 g/mol. The summed E-state index contributed by atoms with van der Waals surface area (Å²) < 4.78 is 4.70. The average Bonchev–Trinajstić information content (AvgIpc) is 2.71. The van der Waals surface area contributed by atoms with Crippen molar-refractivity contribution in [3.05, 3.63) is 24.3 Å². The van der Waals surface area contributed by atoms with E-state index in [0.29, 0.717) is 24.2 Å². The Morgan fingerprint density at radius 2 is 2.18 bits per heavy atom. The SMILES string of the molecule is COC(=O)[C@@H]1CCC(=O)N1c1ccccc1N. The molecule has 17 heavy (non-hydrogen) atoms. The van der Waals surface area contributed by atoms with Gasteiger partial charge in [-0.05, 0) is 18.6 Å². The van der Waals surface area contributed by atoms with E-state index in [2.05, 4.69) is 0 Å². The molecule has 0 spiro atoms. The summed E-state index contributed by atoms with van der Waals surface area (Å²) in [5.74, 6) is -0.502. The lowest BCUT2D eigenvalue weighted by atomic mass is 10.2. The van der Waals surface area contributed by atoms with Gasteiger partial charge in [-0.1, -0.05) is 12.1 Å². The summed E-state index contributed by atoms with van der Waals surface area (Å²) in [6, 6.07) is 6.44. The number of hydrogen-bond acceptors (Lipinski definition) is 4. The predicted molar refractivity (Wildman–Crippen MR) is 63.4 cm³/mol. The number of nitrogen functional groups attached to an aromatic ring is 1. The van der Waals surface area contributed by atoms with Crippen LogP contribution < -0.4 is 10.6 Å². The van der Waals surface area contributed by atoms with Gasteiger partial charge in [0.25, 0.3) is 0 Å². The van der Waals surface area contributed by atoms with Crippen molar-refractivity contribution in [1.29, 1.82) is 0 Å². The van der Waals surface area contributed by atoms with Crippen LogP contribution in [0.25, 0.3) is 0 Å².